The number of methoxy groups -OCH3 is 1. The molecule has 3 aromatic rings. The Kier molecular flexibility index (Phi) is 4.54. The Labute approximate surface area is 156 Å². The molecule has 5 heteroatoms. The highest BCUT2D eigenvalue weighted by Gasteiger charge is 2.21. The first-order valence-corrected chi connectivity index (χ1v) is 9.24. The van der Waals surface area contributed by atoms with E-state index in [-0.39, 0.29) is 5.91 Å². The molecule has 0 atom stereocenters. The largest absolute Gasteiger partial charge is 0.497 e. The maximum absolute atomic E-state index is 12.4. The summed E-state index contributed by atoms with van der Waals surface area (Å²) in [5, 5.41) is 4.07. The van der Waals surface area contributed by atoms with Crippen molar-refractivity contribution in [3.8, 4) is 16.2 Å². The van der Waals surface area contributed by atoms with Gasteiger partial charge in [-0.25, -0.2) is 5.43 Å². The van der Waals surface area contributed by atoms with Gasteiger partial charge in [-0.15, -0.1) is 11.3 Å². The molecule has 0 saturated carbocycles. The fraction of sp³-hybridized carbons (Fsp3) is 0.143. The lowest BCUT2D eigenvalue weighted by Crippen LogP contribution is -2.16. The van der Waals surface area contributed by atoms with Crippen molar-refractivity contribution in [3.63, 3.8) is 0 Å². The highest BCUT2D eigenvalue weighted by Crippen LogP contribution is 2.39. The van der Waals surface area contributed by atoms with E-state index < -0.39 is 0 Å². The van der Waals surface area contributed by atoms with E-state index in [2.05, 4.69) is 28.7 Å². The van der Waals surface area contributed by atoms with Gasteiger partial charge in [-0.1, -0.05) is 24.3 Å². The van der Waals surface area contributed by atoms with Crippen LogP contribution in [0.15, 0.2) is 59.7 Å². The molecule has 0 fully saturated rings. The molecule has 0 spiro atoms. The van der Waals surface area contributed by atoms with Crippen LogP contribution in [0.3, 0.4) is 0 Å². The quantitative estimate of drug-likeness (QED) is 0.556. The van der Waals surface area contributed by atoms with Crippen LogP contribution in [0.25, 0.3) is 10.4 Å². The maximum Gasteiger partial charge on any atom is 0.281 e. The van der Waals surface area contributed by atoms with Crippen molar-refractivity contribution in [1.82, 2.24) is 5.43 Å². The number of fused-ring (bicyclic) bond motifs is 3. The number of nitrogens with zero attached hydrogens (tertiary/aromatic N) is 1. The molecule has 1 aromatic heterocycles. The highest BCUT2D eigenvalue weighted by molar-refractivity contribution is 7.17. The molecule has 1 amide bonds. The fourth-order valence-corrected chi connectivity index (χ4v) is 4.25. The second-order valence-electron chi connectivity index (χ2n) is 6.09. The molecule has 4 nitrogen and oxygen atoms in total. The molecule has 0 bridgehead atoms. The Hall–Kier alpha value is -2.92. The molecule has 0 aliphatic heterocycles. The number of hydrogen-bond donors (Lipinski definition) is 1. The van der Waals surface area contributed by atoms with Crippen molar-refractivity contribution in [2.45, 2.75) is 12.8 Å². The predicted octanol–water partition coefficient (Wildman–Crippen LogP) is 4.29. The summed E-state index contributed by atoms with van der Waals surface area (Å²) >= 11 is 1.53. The zero-order valence-corrected chi connectivity index (χ0v) is 15.2. The first-order valence-electron chi connectivity index (χ1n) is 8.43. The van der Waals surface area contributed by atoms with E-state index in [9.17, 15) is 4.79 Å². The molecule has 2 aromatic carbocycles. The number of benzene rings is 2. The van der Waals surface area contributed by atoms with Gasteiger partial charge in [-0.2, -0.15) is 5.10 Å². The Bertz CT molecular complexity index is 974. The minimum Gasteiger partial charge on any atom is -0.497 e. The van der Waals surface area contributed by atoms with E-state index in [1.807, 2.05) is 36.4 Å². The normalized spacial score (nSPS) is 12.5. The fourth-order valence-electron chi connectivity index (χ4n) is 3.09. The van der Waals surface area contributed by atoms with Crippen molar-refractivity contribution >= 4 is 23.5 Å². The number of amides is 1. The van der Waals surface area contributed by atoms with Gasteiger partial charge in [-0.3, -0.25) is 4.79 Å². The van der Waals surface area contributed by atoms with Gasteiger partial charge in [0.15, 0.2) is 0 Å². The van der Waals surface area contributed by atoms with Crippen LogP contribution in [0.2, 0.25) is 0 Å². The van der Waals surface area contributed by atoms with Gasteiger partial charge in [0.05, 0.1) is 18.2 Å². The van der Waals surface area contributed by atoms with Crippen LogP contribution in [0.5, 0.6) is 5.75 Å². The van der Waals surface area contributed by atoms with Gasteiger partial charge in [-0.05, 0) is 65.4 Å². The number of ether oxygens (including phenoxy) is 1. The van der Waals surface area contributed by atoms with E-state index >= 15 is 0 Å². The first-order chi connectivity index (χ1) is 12.7. The molecule has 1 aliphatic carbocycles. The Morgan fingerprint density at radius 1 is 1.12 bits per heavy atom. The van der Waals surface area contributed by atoms with Gasteiger partial charge < -0.3 is 4.74 Å². The first kappa shape index (κ1) is 16.5. The zero-order valence-electron chi connectivity index (χ0n) is 14.4. The molecule has 0 saturated heterocycles. The van der Waals surface area contributed by atoms with Crippen molar-refractivity contribution in [1.29, 1.82) is 0 Å². The minimum atomic E-state index is -0.174. The van der Waals surface area contributed by atoms with E-state index in [0.29, 0.717) is 4.88 Å². The minimum absolute atomic E-state index is 0.174. The summed E-state index contributed by atoms with van der Waals surface area (Å²) in [6.45, 7) is 0. The summed E-state index contributed by atoms with van der Waals surface area (Å²) in [5.74, 6) is 0.613. The third-order valence-electron chi connectivity index (χ3n) is 4.45. The van der Waals surface area contributed by atoms with Gasteiger partial charge in [0.2, 0.25) is 0 Å². The molecular formula is C21H18N2O2S. The third-order valence-corrected chi connectivity index (χ3v) is 5.66. The lowest BCUT2D eigenvalue weighted by Gasteiger charge is -2.15. The molecule has 1 heterocycles. The standard InChI is InChI=1S/C21H18N2O2S/c1-25-17-10-6-14(7-11-17)13-22-23-21(24)19-12-16-9-8-15-4-2-3-5-18(15)20(16)26-19/h2-7,10-13H,8-9H2,1H3,(H,23,24)/b22-13-. The topological polar surface area (TPSA) is 50.7 Å². The van der Waals surface area contributed by atoms with E-state index in [4.69, 9.17) is 4.74 Å². The van der Waals surface area contributed by atoms with E-state index in [1.165, 1.54) is 32.9 Å². The SMILES string of the molecule is COc1ccc(/C=N\NC(=O)c2cc3c(s2)-c2ccccc2CC3)cc1. The summed E-state index contributed by atoms with van der Waals surface area (Å²) in [7, 11) is 1.63. The number of aryl methyl sites for hydroxylation is 2. The highest BCUT2D eigenvalue weighted by atomic mass is 32.1. The Morgan fingerprint density at radius 2 is 1.88 bits per heavy atom. The van der Waals surface area contributed by atoms with E-state index in [1.54, 1.807) is 13.3 Å². The maximum atomic E-state index is 12.4. The monoisotopic (exact) mass is 362 g/mol. The van der Waals surface area contributed by atoms with Crippen LogP contribution in [-0.4, -0.2) is 19.2 Å². The summed E-state index contributed by atoms with van der Waals surface area (Å²) in [4.78, 5) is 14.3. The lowest BCUT2D eigenvalue weighted by molar-refractivity contribution is 0.0959. The number of hydrogen-bond acceptors (Lipinski definition) is 4. The second kappa shape index (κ2) is 7.14. The Balaban J connectivity index is 1.48. The van der Waals surface area contributed by atoms with Gasteiger partial charge in [0.25, 0.3) is 5.91 Å². The second-order valence-corrected chi connectivity index (χ2v) is 7.15. The molecule has 1 aliphatic rings. The number of hydrazone groups is 1. The van der Waals surface area contributed by atoms with E-state index in [0.717, 1.165) is 24.2 Å². The molecular weight excluding hydrogens is 344 g/mol. The number of carbonyl (C=O) groups is 1. The summed E-state index contributed by atoms with van der Waals surface area (Å²) in [5.41, 5.74) is 7.36. The average Bonchev–Trinajstić information content (AvgIpc) is 3.13. The van der Waals surface area contributed by atoms with Crippen LogP contribution >= 0.6 is 11.3 Å². The summed E-state index contributed by atoms with van der Waals surface area (Å²) in [6, 6.07) is 17.9. The number of rotatable bonds is 4. The molecule has 130 valence electrons. The molecule has 4 rings (SSSR count). The summed E-state index contributed by atoms with van der Waals surface area (Å²) < 4.78 is 5.12. The number of thiophene rings is 1. The average molecular weight is 362 g/mol. The lowest BCUT2D eigenvalue weighted by atomic mass is 9.91. The van der Waals surface area contributed by atoms with Crippen LogP contribution in [0.4, 0.5) is 0 Å². The molecule has 1 N–H and O–H groups in total. The Morgan fingerprint density at radius 3 is 2.69 bits per heavy atom. The van der Waals surface area contributed by atoms with Gasteiger partial charge >= 0.3 is 0 Å². The van der Waals surface area contributed by atoms with Gasteiger partial charge in [0.1, 0.15) is 5.75 Å². The van der Waals surface area contributed by atoms with Crippen molar-refractivity contribution in [2.24, 2.45) is 5.10 Å². The van der Waals surface area contributed by atoms with Crippen LogP contribution in [0, 0.1) is 0 Å². The van der Waals surface area contributed by atoms with Crippen molar-refractivity contribution in [3.05, 3.63) is 76.2 Å². The number of carbonyl (C=O) groups excluding carboxylic acids is 1. The zero-order chi connectivity index (χ0) is 17.9. The number of nitrogens with one attached hydrogen (secondary N) is 1. The predicted molar refractivity (Wildman–Crippen MR) is 105 cm³/mol. The van der Waals surface area contributed by atoms with Crippen molar-refractivity contribution in [2.75, 3.05) is 7.11 Å². The van der Waals surface area contributed by atoms with Gasteiger partial charge in [0, 0.05) is 4.88 Å². The molecule has 26 heavy (non-hydrogen) atoms. The third kappa shape index (κ3) is 3.26. The molecule has 0 unspecified atom stereocenters. The molecule has 0 radical (unpaired) electrons. The van der Waals surface area contributed by atoms with Crippen molar-refractivity contribution < 1.29 is 9.53 Å². The van der Waals surface area contributed by atoms with Crippen LogP contribution in [-0.2, 0) is 12.8 Å². The van der Waals surface area contributed by atoms with Crippen LogP contribution in [0.1, 0.15) is 26.4 Å². The smallest absolute Gasteiger partial charge is 0.281 e. The summed E-state index contributed by atoms with van der Waals surface area (Å²) in [6.07, 6.45) is 3.63. The van der Waals surface area contributed by atoms with Crippen LogP contribution < -0.4 is 10.2 Å².